The van der Waals surface area contributed by atoms with E-state index in [0.29, 0.717) is 43.8 Å². The van der Waals surface area contributed by atoms with Gasteiger partial charge >= 0.3 is 5.97 Å². The summed E-state index contributed by atoms with van der Waals surface area (Å²) in [5.41, 5.74) is 5.92. The molecule has 0 unspecified atom stereocenters. The zero-order chi connectivity index (χ0) is 36.5. The van der Waals surface area contributed by atoms with Crippen LogP contribution in [0.3, 0.4) is 0 Å². The number of benzene rings is 5. The lowest BCUT2D eigenvalue weighted by molar-refractivity contribution is -0.136. The zero-order valence-corrected chi connectivity index (χ0v) is 30.5. The van der Waals surface area contributed by atoms with Crippen LogP contribution in [0.4, 0.5) is 11.4 Å². The number of aliphatic carboxylic acids is 1. The Kier molecular flexibility index (Phi) is 8.37. The number of fused-ring (bicyclic) bond motifs is 12. The van der Waals surface area contributed by atoms with Gasteiger partial charge in [0.15, 0.2) is 23.0 Å². The fourth-order valence-electron chi connectivity index (χ4n) is 7.07. The summed E-state index contributed by atoms with van der Waals surface area (Å²) >= 11 is 14.1. The van der Waals surface area contributed by atoms with E-state index in [1.165, 1.54) is 0 Å². The number of aromatic nitrogens is 2. The molecule has 0 aliphatic carbocycles. The Morgan fingerprint density at radius 2 is 1.17 bits per heavy atom. The molecule has 0 spiro atoms. The highest BCUT2D eigenvalue weighted by Gasteiger charge is 2.30. The summed E-state index contributed by atoms with van der Waals surface area (Å²) < 4.78 is 40.2. The van der Waals surface area contributed by atoms with Gasteiger partial charge in [-0.05, 0) is 50.2 Å². The van der Waals surface area contributed by atoms with E-state index < -0.39 is 16.0 Å². The van der Waals surface area contributed by atoms with E-state index in [1.54, 1.807) is 0 Å². The Labute approximate surface area is 307 Å². The highest BCUT2D eigenvalue weighted by molar-refractivity contribution is 7.88. The van der Waals surface area contributed by atoms with E-state index in [0.717, 1.165) is 74.3 Å². The van der Waals surface area contributed by atoms with E-state index in [1.807, 2.05) is 29.0 Å². The molecular formula is C38H31Cl2N5O6S. The second-order valence-corrected chi connectivity index (χ2v) is 14.9. The number of para-hydroxylation sites is 2. The van der Waals surface area contributed by atoms with E-state index in [4.69, 9.17) is 47.8 Å². The molecule has 2 N–H and O–H groups in total. The van der Waals surface area contributed by atoms with Crippen molar-refractivity contribution in [2.24, 2.45) is 9.98 Å². The predicted octanol–water partition coefficient (Wildman–Crippen LogP) is 8.37. The fraction of sp³-hybridized carbons (Fsp3) is 0.184. The summed E-state index contributed by atoms with van der Waals surface area (Å²) in [5, 5.41) is 13.8. The molecule has 5 aromatic carbocycles. The molecule has 52 heavy (non-hydrogen) atoms. The number of hydrogen-bond donors (Lipinski definition) is 2. The molecule has 0 bridgehead atoms. The molecule has 0 saturated heterocycles. The molecule has 11 nitrogen and oxygen atoms in total. The van der Waals surface area contributed by atoms with Gasteiger partial charge in [0.1, 0.15) is 32.1 Å². The monoisotopic (exact) mass is 755 g/mol. The number of rotatable bonds is 6. The van der Waals surface area contributed by atoms with Gasteiger partial charge in [0.2, 0.25) is 10.0 Å². The number of nitrogens with one attached hydrogen (secondary N) is 1. The fourth-order valence-corrected chi connectivity index (χ4v) is 8.05. The first-order valence-electron chi connectivity index (χ1n) is 16.6. The predicted molar refractivity (Wildman–Crippen MR) is 204 cm³/mol. The van der Waals surface area contributed by atoms with Crippen molar-refractivity contribution in [2.75, 3.05) is 12.8 Å². The van der Waals surface area contributed by atoms with Gasteiger partial charge in [-0.3, -0.25) is 4.79 Å². The Bertz CT molecular complexity index is 2730. The Balaban J connectivity index is 0.000000342. The quantitative estimate of drug-likeness (QED) is 0.175. The van der Waals surface area contributed by atoms with E-state index in [-0.39, 0.29) is 13.0 Å². The van der Waals surface area contributed by atoms with Gasteiger partial charge < -0.3 is 23.7 Å². The van der Waals surface area contributed by atoms with Crippen molar-refractivity contribution < 1.29 is 27.8 Å². The largest absolute Gasteiger partial charge is 0.481 e. The number of sulfonamides is 1. The average molecular weight is 757 g/mol. The minimum absolute atomic E-state index is 0.0475. The zero-order valence-electron chi connectivity index (χ0n) is 28.2. The maximum Gasteiger partial charge on any atom is 0.304 e. The molecular weight excluding hydrogens is 725 g/mol. The molecule has 2 aromatic heterocycles. The number of ether oxygens (including phenoxy) is 2. The van der Waals surface area contributed by atoms with Crippen LogP contribution in [0.1, 0.15) is 20.3 Å². The maximum absolute atomic E-state index is 10.3. The molecule has 0 fully saturated rings. The first kappa shape index (κ1) is 34.0. The van der Waals surface area contributed by atoms with Gasteiger partial charge in [0.25, 0.3) is 0 Å². The van der Waals surface area contributed by atoms with E-state index in [9.17, 15) is 13.2 Å². The summed E-state index contributed by atoms with van der Waals surface area (Å²) in [6.07, 6.45) is 0.794. The van der Waals surface area contributed by atoms with Crippen molar-refractivity contribution in [2.45, 2.75) is 33.4 Å². The first-order chi connectivity index (χ1) is 25.0. The van der Waals surface area contributed by atoms with Gasteiger partial charge in [-0.25, -0.2) is 23.1 Å². The third-order valence-corrected chi connectivity index (χ3v) is 10.6. The summed E-state index contributed by atoms with van der Waals surface area (Å²) in [4.78, 5) is 20.0. The molecule has 9 rings (SSSR count). The molecule has 0 atom stereocenters. The third kappa shape index (κ3) is 5.45. The van der Waals surface area contributed by atoms with Crippen molar-refractivity contribution in [1.82, 2.24) is 13.9 Å². The highest BCUT2D eigenvalue weighted by atomic mass is 35.5. The minimum Gasteiger partial charge on any atom is -0.481 e. The number of carboxylic acid groups (broad SMARTS) is 1. The van der Waals surface area contributed by atoms with Gasteiger partial charge in [-0.2, -0.15) is 0 Å². The second-order valence-electron chi connectivity index (χ2n) is 12.4. The molecule has 2 aliphatic rings. The molecule has 2 aliphatic heterocycles. The number of halogens is 2. The number of aryl methyl sites for hydroxylation is 2. The third-order valence-electron chi connectivity index (χ3n) is 9.20. The Morgan fingerprint density at radius 3 is 1.58 bits per heavy atom. The van der Waals surface area contributed by atoms with Crippen molar-refractivity contribution in [3.05, 3.63) is 93.6 Å². The average Bonchev–Trinajstić information content (AvgIpc) is 3.64. The lowest BCUT2D eigenvalue weighted by Gasteiger charge is -2.21. The number of carbonyl (C=O) groups is 1. The normalized spacial score (nSPS) is 12.9. The van der Waals surface area contributed by atoms with E-state index >= 15 is 0 Å². The highest BCUT2D eigenvalue weighted by Crippen LogP contribution is 2.49. The van der Waals surface area contributed by atoms with Crippen LogP contribution in [0.5, 0.6) is 23.0 Å². The van der Waals surface area contributed by atoms with Crippen molar-refractivity contribution >= 4 is 94.2 Å². The van der Waals surface area contributed by atoms with Crippen LogP contribution in [0.15, 0.2) is 82.8 Å². The molecule has 7 aromatic rings. The Hall–Kier alpha value is -5.14. The van der Waals surface area contributed by atoms with Crippen LogP contribution in [0.2, 0.25) is 10.0 Å². The van der Waals surface area contributed by atoms with Crippen LogP contribution in [-0.2, 0) is 27.9 Å². The Morgan fingerprint density at radius 1 is 0.731 bits per heavy atom. The van der Waals surface area contributed by atoms with Crippen molar-refractivity contribution in [3.63, 3.8) is 0 Å². The van der Waals surface area contributed by atoms with Crippen molar-refractivity contribution in [1.29, 1.82) is 0 Å². The van der Waals surface area contributed by atoms with Gasteiger partial charge in [-0.1, -0.05) is 59.6 Å². The minimum atomic E-state index is -3.23. The molecule has 14 heteroatoms. The van der Waals surface area contributed by atoms with Crippen LogP contribution < -0.4 is 24.9 Å². The van der Waals surface area contributed by atoms with Crippen LogP contribution in [0.25, 0.3) is 43.6 Å². The van der Waals surface area contributed by atoms with Gasteiger partial charge in [0.05, 0.1) is 23.7 Å². The SMILES string of the molecule is CCn1c2ccccc2c2c3c(ccc21)Oc1c(Cl)c2c(c(Cl)c1=N3)Oc1ccc3c(c1N=2)c1ccccc1n3CC.CS(=O)(=O)NCCC(=O)O. The van der Waals surface area contributed by atoms with Crippen LogP contribution in [-0.4, -0.2) is 41.4 Å². The number of hydrogen-bond acceptors (Lipinski definition) is 7. The maximum atomic E-state index is 10.3. The molecule has 4 heterocycles. The smallest absolute Gasteiger partial charge is 0.304 e. The molecule has 0 amide bonds. The lowest BCUT2D eigenvalue weighted by atomic mass is 10.1. The summed E-state index contributed by atoms with van der Waals surface area (Å²) in [6, 6.07) is 24.7. The molecule has 264 valence electrons. The van der Waals surface area contributed by atoms with Crippen LogP contribution >= 0.6 is 23.2 Å². The summed E-state index contributed by atoms with van der Waals surface area (Å²) in [7, 11) is -3.23. The standard InChI is InChI=1S/C34H22Cl2N4O2.C4H9NO4S/c1-3-39-19-11-7-5-9-17(19)25-21(39)13-15-23-29(25)37-31-27(35)34-32(28(36)33(31)41-23)38-30-24(42-34)16-14-22-26(30)18-10-6-8-12-20(18)40(22)4-2;1-10(8,9)5-3-2-4(6)7/h5-16H,3-4H2,1-2H3;5H,2-3H2,1H3,(H,6,7). The number of nitrogens with zero attached hydrogens (tertiary/aromatic N) is 4. The lowest BCUT2D eigenvalue weighted by Crippen LogP contribution is -2.24. The van der Waals surface area contributed by atoms with Gasteiger partial charge in [0, 0.05) is 52.2 Å². The summed E-state index contributed by atoms with van der Waals surface area (Å²) in [6.45, 7) is 5.90. The topological polar surface area (TPSA) is 137 Å². The molecule has 0 radical (unpaired) electrons. The molecule has 0 saturated carbocycles. The number of carboxylic acids is 1. The van der Waals surface area contributed by atoms with Gasteiger partial charge in [-0.15, -0.1) is 0 Å². The summed E-state index contributed by atoms with van der Waals surface area (Å²) in [5.74, 6) is 0.988. The van der Waals surface area contributed by atoms with Crippen molar-refractivity contribution in [3.8, 4) is 23.0 Å². The van der Waals surface area contributed by atoms with E-state index in [2.05, 4.69) is 71.5 Å². The second kappa shape index (κ2) is 12.8. The first-order valence-corrected chi connectivity index (χ1v) is 19.2. The van der Waals surface area contributed by atoms with Crippen LogP contribution in [0, 0.1) is 0 Å².